The summed E-state index contributed by atoms with van der Waals surface area (Å²) >= 11 is 1.88. The lowest BCUT2D eigenvalue weighted by Crippen LogP contribution is -2.22. The third-order valence-electron chi connectivity index (χ3n) is 3.38. The number of nitrogens with zero attached hydrogens (tertiary/aromatic N) is 1. The number of thiophene rings is 1. The normalized spacial score (nSPS) is 11.9. The zero-order valence-electron chi connectivity index (χ0n) is 13.5. The second-order valence-electron chi connectivity index (χ2n) is 5.89. The number of nitrogens with one attached hydrogen (secondary N) is 1. The molecule has 2 rings (SSSR count). The second kappa shape index (κ2) is 7.90. The molecule has 1 heterocycles. The van der Waals surface area contributed by atoms with Gasteiger partial charge in [0.15, 0.2) is 0 Å². The highest BCUT2D eigenvalue weighted by Gasteiger charge is 2.12. The van der Waals surface area contributed by atoms with Gasteiger partial charge in [-0.2, -0.15) is 0 Å². The fourth-order valence-electron chi connectivity index (χ4n) is 2.17. The summed E-state index contributed by atoms with van der Waals surface area (Å²) in [6, 6.07) is 9.11. The fourth-order valence-corrected chi connectivity index (χ4v) is 3.33. The number of ether oxygens (including phenoxy) is 1. The van der Waals surface area contributed by atoms with E-state index in [1.807, 2.05) is 11.3 Å². The first-order valence-corrected chi connectivity index (χ1v) is 8.34. The highest BCUT2D eigenvalue weighted by molar-refractivity contribution is 7.19. The number of rotatable bonds is 8. The maximum Gasteiger partial charge on any atom is 0.0734 e. The molecule has 0 radical (unpaired) electrons. The van der Waals surface area contributed by atoms with Gasteiger partial charge >= 0.3 is 0 Å². The van der Waals surface area contributed by atoms with Crippen LogP contribution in [0, 0.1) is 0 Å². The van der Waals surface area contributed by atoms with Gasteiger partial charge in [0.1, 0.15) is 0 Å². The summed E-state index contributed by atoms with van der Waals surface area (Å²) in [5.41, 5.74) is 1.35. The molecule has 0 unspecified atom stereocenters. The van der Waals surface area contributed by atoms with Crippen LogP contribution in [0.4, 0.5) is 0 Å². The van der Waals surface area contributed by atoms with E-state index in [1.165, 1.54) is 20.5 Å². The van der Waals surface area contributed by atoms with Crippen LogP contribution in [-0.2, 0) is 17.9 Å². The van der Waals surface area contributed by atoms with Gasteiger partial charge in [-0.1, -0.05) is 32.0 Å². The van der Waals surface area contributed by atoms with Crippen molar-refractivity contribution in [2.24, 2.45) is 0 Å². The summed E-state index contributed by atoms with van der Waals surface area (Å²) in [4.78, 5) is 3.54. The van der Waals surface area contributed by atoms with Crippen molar-refractivity contribution in [2.75, 3.05) is 27.2 Å². The Bertz CT molecular complexity index is 563. The quantitative estimate of drug-likeness (QED) is 0.756. The molecular weight excluding hydrogens is 280 g/mol. The van der Waals surface area contributed by atoms with Gasteiger partial charge in [-0.05, 0) is 25.5 Å². The van der Waals surface area contributed by atoms with E-state index in [2.05, 4.69) is 62.4 Å². The summed E-state index contributed by atoms with van der Waals surface area (Å²) in [5, 5.41) is 4.86. The minimum absolute atomic E-state index is 0.498. The first-order valence-electron chi connectivity index (χ1n) is 7.53. The van der Waals surface area contributed by atoms with Crippen LogP contribution >= 0.6 is 11.3 Å². The van der Waals surface area contributed by atoms with Crippen LogP contribution in [-0.4, -0.2) is 38.2 Å². The molecule has 0 saturated heterocycles. The van der Waals surface area contributed by atoms with E-state index in [0.717, 1.165) is 19.7 Å². The molecule has 1 N–H and O–H groups in total. The van der Waals surface area contributed by atoms with Crippen molar-refractivity contribution in [1.82, 2.24) is 10.2 Å². The molecule has 0 spiro atoms. The molecule has 0 bridgehead atoms. The highest BCUT2D eigenvalue weighted by Crippen LogP contribution is 2.31. The van der Waals surface area contributed by atoms with Gasteiger partial charge in [0.25, 0.3) is 0 Å². The van der Waals surface area contributed by atoms with Gasteiger partial charge in [-0.25, -0.2) is 0 Å². The SMILES string of the molecule is CC(C)NCc1sc2ccccc2c1COCCN(C)C. The molecule has 21 heavy (non-hydrogen) atoms. The molecule has 0 amide bonds. The smallest absolute Gasteiger partial charge is 0.0734 e. The topological polar surface area (TPSA) is 24.5 Å². The van der Waals surface area contributed by atoms with E-state index >= 15 is 0 Å². The predicted molar refractivity (Wildman–Crippen MR) is 92.0 cm³/mol. The maximum atomic E-state index is 5.88. The molecule has 1 aromatic carbocycles. The highest BCUT2D eigenvalue weighted by atomic mass is 32.1. The maximum absolute atomic E-state index is 5.88. The van der Waals surface area contributed by atoms with Crippen LogP contribution in [0.5, 0.6) is 0 Å². The molecule has 0 aliphatic heterocycles. The van der Waals surface area contributed by atoms with Gasteiger partial charge in [0.2, 0.25) is 0 Å². The summed E-state index contributed by atoms with van der Waals surface area (Å²) in [6.45, 7) is 7.72. The van der Waals surface area contributed by atoms with Crippen molar-refractivity contribution in [3.8, 4) is 0 Å². The van der Waals surface area contributed by atoms with Gasteiger partial charge < -0.3 is 15.0 Å². The standard InChI is InChI=1S/C17H26N2OS/c1-13(2)18-11-17-15(12-20-10-9-19(3)4)14-7-5-6-8-16(14)21-17/h5-8,13,18H,9-12H2,1-4H3. The van der Waals surface area contributed by atoms with E-state index in [4.69, 9.17) is 4.74 Å². The van der Waals surface area contributed by atoms with Crippen molar-refractivity contribution in [1.29, 1.82) is 0 Å². The van der Waals surface area contributed by atoms with E-state index < -0.39 is 0 Å². The van der Waals surface area contributed by atoms with Gasteiger partial charge in [0.05, 0.1) is 13.2 Å². The largest absolute Gasteiger partial charge is 0.375 e. The number of benzene rings is 1. The van der Waals surface area contributed by atoms with Crippen LogP contribution in [0.25, 0.3) is 10.1 Å². The molecule has 2 aromatic rings. The molecule has 0 fully saturated rings. The van der Waals surface area contributed by atoms with Crippen LogP contribution < -0.4 is 5.32 Å². The summed E-state index contributed by atoms with van der Waals surface area (Å²) < 4.78 is 7.23. The summed E-state index contributed by atoms with van der Waals surface area (Å²) in [5.74, 6) is 0. The van der Waals surface area contributed by atoms with Crippen LogP contribution in [0.3, 0.4) is 0 Å². The molecule has 116 valence electrons. The lowest BCUT2D eigenvalue weighted by molar-refractivity contribution is 0.106. The first-order chi connectivity index (χ1) is 10.1. The minimum Gasteiger partial charge on any atom is -0.375 e. The fraction of sp³-hybridized carbons (Fsp3) is 0.529. The lowest BCUT2D eigenvalue weighted by atomic mass is 10.1. The van der Waals surface area contributed by atoms with Crippen molar-refractivity contribution in [3.05, 3.63) is 34.7 Å². The molecule has 0 aliphatic carbocycles. The first kappa shape index (κ1) is 16.4. The molecule has 0 atom stereocenters. The average Bonchev–Trinajstić information content (AvgIpc) is 2.79. The van der Waals surface area contributed by atoms with Crippen molar-refractivity contribution in [2.45, 2.75) is 33.0 Å². The van der Waals surface area contributed by atoms with Crippen molar-refractivity contribution < 1.29 is 4.74 Å². The molecule has 1 aromatic heterocycles. The zero-order chi connectivity index (χ0) is 15.2. The molecule has 4 heteroatoms. The number of fused-ring (bicyclic) bond motifs is 1. The monoisotopic (exact) mass is 306 g/mol. The van der Waals surface area contributed by atoms with Gasteiger partial charge in [-0.15, -0.1) is 11.3 Å². The summed E-state index contributed by atoms with van der Waals surface area (Å²) in [6.07, 6.45) is 0. The minimum atomic E-state index is 0.498. The Hall–Kier alpha value is -0.940. The van der Waals surface area contributed by atoms with Crippen molar-refractivity contribution in [3.63, 3.8) is 0 Å². The van der Waals surface area contributed by atoms with E-state index in [-0.39, 0.29) is 0 Å². The van der Waals surface area contributed by atoms with Crippen molar-refractivity contribution >= 4 is 21.4 Å². The number of hydrogen-bond donors (Lipinski definition) is 1. The Labute approximate surface area is 131 Å². The molecule has 3 nitrogen and oxygen atoms in total. The van der Waals surface area contributed by atoms with E-state index in [1.54, 1.807) is 0 Å². The third-order valence-corrected chi connectivity index (χ3v) is 4.60. The molecular formula is C17H26N2OS. The van der Waals surface area contributed by atoms with Crippen LogP contribution in [0.2, 0.25) is 0 Å². The Balaban J connectivity index is 2.11. The van der Waals surface area contributed by atoms with Gasteiger partial charge in [0, 0.05) is 34.3 Å². The predicted octanol–water partition coefficient (Wildman–Crippen LogP) is 3.48. The summed E-state index contributed by atoms with van der Waals surface area (Å²) in [7, 11) is 4.14. The molecule has 0 aliphatic rings. The average molecular weight is 306 g/mol. The number of hydrogen-bond acceptors (Lipinski definition) is 4. The third kappa shape index (κ3) is 4.78. The Morgan fingerprint density at radius 3 is 2.71 bits per heavy atom. The van der Waals surface area contributed by atoms with E-state index in [0.29, 0.717) is 12.6 Å². The zero-order valence-corrected chi connectivity index (χ0v) is 14.3. The Morgan fingerprint density at radius 1 is 1.24 bits per heavy atom. The second-order valence-corrected chi connectivity index (χ2v) is 7.03. The lowest BCUT2D eigenvalue weighted by Gasteiger charge is -2.12. The van der Waals surface area contributed by atoms with E-state index in [9.17, 15) is 0 Å². The number of likely N-dealkylation sites (N-methyl/N-ethyl adjacent to an activating group) is 1. The Kier molecular flexibility index (Phi) is 6.18. The van der Waals surface area contributed by atoms with Gasteiger partial charge in [-0.3, -0.25) is 0 Å². The molecule has 0 saturated carbocycles. The van der Waals surface area contributed by atoms with Crippen LogP contribution in [0.15, 0.2) is 24.3 Å². The Morgan fingerprint density at radius 2 is 2.00 bits per heavy atom. The van der Waals surface area contributed by atoms with Crippen LogP contribution in [0.1, 0.15) is 24.3 Å².